The van der Waals surface area contributed by atoms with Gasteiger partial charge in [-0.3, -0.25) is 4.98 Å². The lowest BCUT2D eigenvalue weighted by atomic mass is 9.90. The van der Waals surface area contributed by atoms with Crippen LogP contribution in [0.2, 0.25) is 0 Å². The van der Waals surface area contributed by atoms with Gasteiger partial charge in [-0.05, 0) is 89.8 Å². The number of anilines is 2. The first-order valence-corrected chi connectivity index (χ1v) is 17.2. The van der Waals surface area contributed by atoms with E-state index in [4.69, 9.17) is 14.5 Å². The highest BCUT2D eigenvalue weighted by atomic mass is 79.9. The van der Waals surface area contributed by atoms with Crippen molar-refractivity contribution in [3.63, 3.8) is 0 Å². The van der Waals surface area contributed by atoms with Crippen LogP contribution in [0.5, 0.6) is 5.75 Å². The lowest BCUT2D eigenvalue weighted by Gasteiger charge is -2.28. The van der Waals surface area contributed by atoms with Crippen LogP contribution in [0.4, 0.5) is 15.9 Å². The van der Waals surface area contributed by atoms with Gasteiger partial charge in [-0.1, -0.05) is 19.1 Å². The summed E-state index contributed by atoms with van der Waals surface area (Å²) >= 11 is 3.58. The first-order valence-electron chi connectivity index (χ1n) is 14.6. The number of aromatic nitrogens is 3. The van der Waals surface area contributed by atoms with Crippen LogP contribution in [-0.2, 0) is 26.8 Å². The zero-order valence-electron chi connectivity index (χ0n) is 24.4. The molecular weight excluding hydrogens is 649 g/mol. The number of sulfone groups is 1. The Morgan fingerprint density at radius 1 is 1.09 bits per heavy atom. The molecule has 0 saturated carbocycles. The van der Waals surface area contributed by atoms with E-state index >= 15 is 0 Å². The number of pyridine rings is 1. The molecule has 9 nitrogen and oxygen atoms in total. The molecule has 0 amide bonds. The van der Waals surface area contributed by atoms with E-state index in [0.29, 0.717) is 49.4 Å². The van der Waals surface area contributed by atoms with Gasteiger partial charge in [-0.2, -0.15) is 0 Å². The Balaban J connectivity index is 1.26. The zero-order valence-corrected chi connectivity index (χ0v) is 26.8. The Labute approximate surface area is 265 Å². The van der Waals surface area contributed by atoms with Crippen LogP contribution >= 0.6 is 15.9 Å². The van der Waals surface area contributed by atoms with E-state index in [1.54, 1.807) is 18.5 Å². The maximum Gasteiger partial charge on any atom is 0.153 e. The molecule has 0 radical (unpaired) electrons. The number of halogens is 2. The molecule has 2 aromatic carbocycles. The second kappa shape index (κ2) is 14.4. The quantitative estimate of drug-likeness (QED) is 0.134. The van der Waals surface area contributed by atoms with Crippen molar-refractivity contribution in [2.24, 2.45) is 0 Å². The minimum absolute atomic E-state index is 0.146. The molecule has 4 aromatic rings. The molecule has 5 rings (SSSR count). The average molecular weight is 685 g/mol. The number of rotatable bonds is 15. The van der Waals surface area contributed by atoms with Crippen molar-refractivity contribution < 1.29 is 22.3 Å². The predicted molar refractivity (Wildman–Crippen MR) is 173 cm³/mol. The van der Waals surface area contributed by atoms with E-state index in [1.165, 1.54) is 18.5 Å². The van der Waals surface area contributed by atoms with E-state index in [1.807, 2.05) is 43.3 Å². The maximum absolute atomic E-state index is 13.5. The lowest BCUT2D eigenvalue weighted by molar-refractivity contribution is 0.0265. The molecule has 1 atom stereocenters. The number of nitrogens with zero attached hydrogens (tertiary/aromatic N) is 3. The minimum Gasteiger partial charge on any atom is -0.489 e. The van der Waals surface area contributed by atoms with Gasteiger partial charge in [0.2, 0.25) is 0 Å². The molecule has 1 unspecified atom stereocenters. The third-order valence-electron chi connectivity index (χ3n) is 7.34. The van der Waals surface area contributed by atoms with Crippen molar-refractivity contribution in [1.82, 2.24) is 20.3 Å². The summed E-state index contributed by atoms with van der Waals surface area (Å²) in [5.74, 6) is 1.32. The molecular formula is C32H35BrFN5O4S. The number of nitrogens with one attached hydrogen (secondary N) is 2. The highest BCUT2D eigenvalue weighted by Gasteiger charge is 2.36. The van der Waals surface area contributed by atoms with Gasteiger partial charge in [-0.15, -0.1) is 0 Å². The fourth-order valence-electron chi connectivity index (χ4n) is 5.11. The largest absolute Gasteiger partial charge is 0.489 e. The Kier molecular flexibility index (Phi) is 10.4. The second-order valence-electron chi connectivity index (χ2n) is 10.7. The van der Waals surface area contributed by atoms with Crippen LogP contribution in [0.15, 0.2) is 77.9 Å². The van der Waals surface area contributed by atoms with Crippen LogP contribution in [0.3, 0.4) is 0 Å². The van der Waals surface area contributed by atoms with Gasteiger partial charge in [0.1, 0.15) is 30.3 Å². The summed E-state index contributed by atoms with van der Waals surface area (Å²) in [4.78, 5) is 13.6. The van der Waals surface area contributed by atoms with Gasteiger partial charge in [0.25, 0.3) is 0 Å². The van der Waals surface area contributed by atoms with Crippen LogP contribution in [-0.4, -0.2) is 48.0 Å². The summed E-state index contributed by atoms with van der Waals surface area (Å²) in [7, 11) is -3.00. The summed E-state index contributed by atoms with van der Waals surface area (Å²) < 4.78 is 50.2. The SMILES string of the molecule is CCCS(=O)(=O)CCNCCCC1(c2cc3c(Nc4ccc(OCc5cccc(F)c5)c(Br)c4)ncnc3cn2)CC=CO1. The van der Waals surface area contributed by atoms with Gasteiger partial charge in [0.05, 0.1) is 33.9 Å². The van der Waals surface area contributed by atoms with E-state index in [9.17, 15) is 12.8 Å². The summed E-state index contributed by atoms with van der Waals surface area (Å²) in [5.41, 5.74) is 2.37. The number of ether oxygens (including phenoxy) is 2. The maximum atomic E-state index is 13.5. The molecule has 0 fully saturated rings. The predicted octanol–water partition coefficient (Wildman–Crippen LogP) is 6.57. The van der Waals surface area contributed by atoms with Crippen LogP contribution in [0, 0.1) is 5.82 Å². The first kappa shape index (κ1) is 31.8. The fourth-order valence-corrected chi connectivity index (χ4v) is 6.89. The van der Waals surface area contributed by atoms with Crippen LogP contribution < -0.4 is 15.4 Å². The van der Waals surface area contributed by atoms with E-state index in [0.717, 1.165) is 33.2 Å². The number of hydrogen-bond donors (Lipinski definition) is 2. The lowest BCUT2D eigenvalue weighted by Crippen LogP contribution is -2.29. The third-order valence-corrected chi connectivity index (χ3v) is 9.82. The Bertz CT molecular complexity index is 1730. The molecule has 2 N–H and O–H groups in total. The number of hydrogen-bond acceptors (Lipinski definition) is 9. The Hall–Kier alpha value is -3.61. The van der Waals surface area contributed by atoms with Crippen molar-refractivity contribution >= 4 is 48.2 Å². The highest BCUT2D eigenvalue weighted by Crippen LogP contribution is 2.39. The van der Waals surface area contributed by atoms with Crippen molar-refractivity contribution in [1.29, 1.82) is 0 Å². The monoisotopic (exact) mass is 683 g/mol. The molecule has 0 spiro atoms. The van der Waals surface area contributed by atoms with Crippen LogP contribution in [0.25, 0.3) is 10.9 Å². The molecule has 0 aliphatic carbocycles. The second-order valence-corrected chi connectivity index (χ2v) is 13.8. The van der Waals surface area contributed by atoms with Crippen molar-refractivity contribution in [3.8, 4) is 5.75 Å². The third kappa shape index (κ3) is 8.10. The van der Waals surface area contributed by atoms with Crippen molar-refractivity contribution in [2.45, 2.75) is 44.8 Å². The molecule has 3 heterocycles. The summed E-state index contributed by atoms with van der Waals surface area (Å²) in [6.45, 7) is 3.22. The van der Waals surface area contributed by atoms with Gasteiger partial charge in [0.15, 0.2) is 15.4 Å². The molecule has 232 valence electrons. The molecule has 2 aromatic heterocycles. The smallest absolute Gasteiger partial charge is 0.153 e. The zero-order chi connectivity index (χ0) is 31.0. The molecule has 1 aliphatic rings. The van der Waals surface area contributed by atoms with Crippen molar-refractivity contribution in [3.05, 3.63) is 94.9 Å². The summed E-state index contributed by atoms with van der Waals surface area (Å²) in [6, 6.07) is 13.9. The fraction of sp³-hybridized carbons (Fsp3) is 0.344. The topological polar surface area (TPSA) is 115 Å². The minimum atomic E-state index is -3.00. The molecule has 0 saturated heterocycles. The number of benzene rings is 2. The average Bonchev–Trinajstić information content (AvgIpc) is 3.48. The van der Waals surface area contributed by atoms with Gasteiger partial charge in [-0.25, -0.2) is 22.8 Å². The van der Waals surface area contributed by atoms with Gasteiger partial charge >= 0.3 is 0 Å². The van der Waals surface area contributed by atoms with Crippen LogP contribution in [0.1, 0.15) is 43.9 Å². The van der Waals surface area contributed by atoms with E-state index in [2.05, 4.69) is 36.5 Å². The molecule has 0 bridgehead atoms. The molecule has 1 aliphatic heterocycles. The number of fused-ring (bicyclic) bond motifs is 1. The van der Waals surface area contributed by atoms with Crippen molar-refractivity contribution in [2.75, 3.05) is 29.9 Å². The summed E-state index contributed by atoms with van der Waals surface area (Å²) in [5, 5.41) is 7.44. The van der Waals surface area contributed by atoms with E-state index in [-0.39, 0.29) is 23.9 Å². The van der Waals surface area contributed by atoms with Gasteiger partial charge < -0.3 is 20.1 Å². The Morgan fingerprint density at radius 2 is 1.98 bits per heavy atom. The molecule has 44 heavy (non-hydrogen) atoms. The summed E-state index contributed by atoms with van der Waals surface area (Å²) in [6.07, 6.45) is 9.73. The Morgan fingerprint density at radius 3 is 2.75 bits per heavy atom. The van der Waals surface area contributed by atoms with Gasteiger partial charge in [0, 0.05) is 29.8 Å². The standard InChI is InChI=1S/C32H35BrFN5O4S/c1-2-15-44(40,41)16-13-35-12-4-10-32(11-5-14-43-32)30-19-26-28(20-36-30)37-22-38-31(26)39-25-8-9-29(27(33)18-25)42-21-23-6-3-7-24(34)17-23/h3,5-9,14,17-20,22,35H,2,4,10-13,15-16,21H2,1H3,(H,37,38,39). The van der Waals surface area contributed by atoms with E-state index < -0.39 is 15.4 Å². The first-order chi connectivity index (χ1) is 21.3. The normalized spacial score (nSPS) is 16.2. The highest BCUT2D eigenvalue weighted by molar-refractivity contribution is 9.10. The molecule has 12 heteroatoms.